The van der Waals surface area contributed by atoms with Crippen LogP contribution >= 0.6 is 15.9 Å². The Balaban J connectivity index is 1.88. The number of benzene rings is 1. The highest BCUT2D eigenvalue weighted by molar-refractivity contribution is 9.09. The van der Waals surface area contributed by atoms with Crippen LogP contribution in [-0.4, -0.2) is 48.7 Å². The van der Waals surface area contributed by atoms with Gasteiger partial charge in [0.2, 0.25) is 0 Å². The zero-order valence-corrected chi connectivity index (χ0v) is 14.1. The highest BCUT2D eigenvalue weighted by atomic mass is 79.9. The molecule has 112 valence electrons. The molecule has 20 heavy (non-hydrogen) atoms. The second-order valence-electron chi connectivity index (χ2n) is 5.99. The number of alkyl halides is 1. The van der Waals surface area contributed by atoms with Gasteiger partial charge in [0, 0.05) is 25.0 Å². The SMILES string of the molecule is COc1ccc(CCN2CC(CBr)OC(C)(C)C2)cc1. The molecule has 1 aliphatic rings. The molecule has 0 radical (unpaired) electrons. The van der Waals surface area contributed by atoms with Crippen LogP contribution in [0.15, 0.2) is 24.3 Å². The maximum atomic E-state index is 6.03. The number of hydrogen-bond donors (Lipinski definition) is 0. The fraction of sp³-hybridized carbons (Fsp3) is 0.625. The lowest BCUT2D eigenvalue weighted by molar-refractivity contribution is -0.126. The van der Waals surface area contributed by atoms with Crippen LogP contribution in [0.25, 0.3) is 0 Å². The van der Waals surface area contributed by atoms with Crippen LogP contribution in [0, 0.1) is 0 Å². The Hall–Kier alpha value is -0.580. The highest BCUT2D eigenvalue weighted by Gasteiger charge is 2.32. The summed E-state index contributed by atoms with van der Waals surface area (Å²) in [5.41, 5.74) is 1.29. The van der Waals surface area contributed by atoms with Gasteiger partial charge in [-0.3, -0.25) is 4.90 Å². The molecule has 1 aromatic carbocycles. The topological polar surface area (TPSA) is 21.7 Å². The second-order valence-corrected chi connectivity index (χ2v) is 6.63. The number of hydrogen-bond acceptors (Lipinski definition) is 3. The van der Waals surface area contributed by atoms with Crippen molar-refractivity contribution >= 4 is 15.9 Å². The molecule has 0 N–H and O–H groups in total. The maximum absolute atomic E-state index is 6.03. The molecule has 0 aromatic heterocycles. The van der Waals surface area contributed by atoms with Gasteiger partial charge in [-0.05, 0) is 38.0 Å². The average Bonchev–Trinajstić information content (AvgIpc) is 2.44. The summed E-state index contributed by atoms with van der Waals surface area (Å²) < 4.78 is 11.2. The Morgan fingerprint density at radius 2 is 2.05 bits per heavy atom. The van der Waals surface area contributed by atoms with Gasteiger partial charge < -0.3 is 9.47 Å². The summed E-state index contributed by atoms with van der Waals surface area (Å²) in [7, 11) is 1.70. The van der Waals surface area contributed by atoms with Gasteiger partial charge >= 0.3 is 0 Å². The average molecular weight is 342 g/mol. The molecular formula is C16H24BrNO2. The van der Waals surface area contributed by atoms with Crippen molar-refractivity contribution < 1.29 is 9.47 Å². The van der Waals surface area contributed by atoms with Crippen molar-refractivity contribution in [2.75, 3.05) is 32.1 Å². The first-order chi connectivity index (χ1) is 9.52. The first-order valence-corrected chi connectivity index (χ1v) is 8.23. The summed E-state index contributed by atoms with van der Waals surface area (Å²) >= 11 is 3.54. The lowest BCUT2D eigenvalue weighted by atomic mass is 10.0. The number of morpholine rings is 1. The summed E-state index contributed by atoms with van der Waals surface area (Å²) in [6.07, 6.45) is 1.35. The van der Waals surface area contributed by atoms with E-state index in [1.807, 2.05) is 12.1 Å². The molecule has 1 saturated heterocycles. The van der Waals surface area contributed by atoms with E-state index in [0.717, 1.165) is 37.1 Å². The summed E-state index contributed by atoms with van der Waals surface area (Å²) in [6, 6.07) is 8.35. The molecule has 0 saturated carbocycles. The van der Waals surface area contributed by atoms with Crippen LogP contribution in [-0.2, 0) is 11.2 Å². The first-order valence-electron chi connectivity index (χ1n) is 7.11. The van der Waals surface area contributed by atoms with E-state index < -0.39 is 0 Å². The lowest BCUT2D eigenvalue weighted by Gasteiger charge is -2.42. The van der Waals surface area contributed by atoms with E-state index in [2.05, 4.69) is 46.8 Å². The predicted octanol–water partition coefficient (Wildman–Crippen LogP) is 3.11. The largest absolute Gasteiger partial charge is 0.497 e. The third kappa shape index (κ3) is 4.47. The van der Waals surface area contributed by atoms with Crippen LogP contribution in [0.4, 0.5) is 0 Å². The predicted molar refractivity (Wildman–Crippen MR) is 85.9 cm³/mol. The Labute approximate surface area is 130 Å². The first kappa shape index (κ1) is 15.8. The fourth-order valence-electron chi connectivity index (χ4n) is 2.75. The number of halogens is 1. The van der Waals surface area contributed by atoms with Crippen molar-refractivity contribution in [3.63, 3.8) is 0 Å². The zero-order valence-electron chi connectivity index (χ0n) is 12.6. The molecule has 0 bridgehead atoms. The van der Waals surface area contributed by atoms with E-state index in [1.54, 1.807) is 7.11 Å². The van der Waals surface area contributed by atoms with Crippen LogP contribution in [0.1, 0.15) is 19.4 Å². The van der Waals surface area contributed by atoms with Gasteiger partial charge in [0.15, 0.2) is 0 Å². The molecule has 1 heterocycles. The number of rotatable bonds is 5. The Kier molecular flexibility index (Phi) is 5.47. The molecular weight excluding hydrogens is 318 g/mol. The number of nitrogens with zero attached hydrogens (tertiary/aromatic N) is 1. The van der Waals surface area contributed by atoms with Crippen LogP contribution in [0.3, 0.4) is 0 Å². The van der Waals surface area contributed by atoms with Crippen molar-refractivity contribution in [3.8, 4) is 5.75 Å². The molecule has 1 unspecified atom stereocenters. The van der Waals surface area contributed by atoms with Gasteiger partial charge in [0.25, 0.3) is 0 Å². The second kappa shape index (κ2) is 6.92. The van der Waals surface area contributed by atoms with E-state index >= 15 is 0 Å². The minimum Gasteiger partial charge on any atom is -0.497 e. The third-order valence-corrected chi connectivity index (χ3v) is 4.32. The lowest BCUT2D eigenvalue weighted by Crippen LogP contribution is -2.53. The summed E-state index contributed by atoms with van der Waals surface area (Å²) in [6.45, 7) is 7.41. The van der Waals surface area contributed by atoms with Crippen molar-refractivity contribution in [2.45, 2.75) is 32.0 Å². The van der Waals surface area contributed by atoms with Gasteiger partial charge in [-0.1, -0.05) is 28.1 Å². The Bertz CT molecular complexity index is 419. The molecule has 1 atom stereocenters. The Morgan fingerprint density at radius 3 is 2.65 bits per heavy atom. The van der Waals surface area contributed by atoms with Crippen molar-refractivity contribution in [1.29, 1.82) is 0 Å². The van der Waals surface area contributed by atoms with Crippen LogP contribution in [0.2, 0.25) is 0 Å². The molecule has 1 aliphatic heterocycles. The van der Waals surface area contributed by atoms with Crippen molar-refractivity contribution in [2.24, 2.45) is 0 Å². The summed E-state index contributed by atoms with van der Waals surface area (Å²) in [5.74, 6) is 0.917. The molecule has 2 rings (SSSR count). The monoisotopic (exact) mass is 341 g/mol. The van der Waals surface area contributed by atoms with E-state index in [4.69, 9.17) is 9.47 Å². The minimum atomic E-state index is -0.0589. The summed E-state index contributed by atoms with van der Waals surface area (Å²) in [5, 5.41) is 0.898. The van der Waals surface area contributed by atoms with Crippen LogP contribution in [0.5, 0.6) is 5.75 Å². The van der Waals surface area contributed by atoms with Gasteiger partial charge in [-0.2, -0.15) is 0 Å². The Morgan fingerprint density at radius 1 is 1.35 bits per heavy atom. The molecule has 1 aromatic rings. The molecule has 0 spiro atoms. The minimum absolute atomic E-state index is 0.0589. The van der Waals surface area contributed by atoms with Crippen molar-refractivity contribution in [1.82, 2.24) is 4.90 Å². The van der Waals surface area contributed by atoms with Gasteiger partial charge in [-0.15, -0.1) is 0 Å². The molecule has 0 aliphatic carbocycles. The van der Waals surface area contributed by atoms with Crippen LogP contribution < -0.4 is 4.74 Å². The molecule has 3 nitrogen and oxygen atoms in total. The molecule has 4 heteroatoms. The smallest absolute Gasteiger partial charge is 0.118 e. The van der Waals surface area contributed by atoms with E-state index in [0.29, 0.717) is 0 Å². The number of ether oxygens (including phenoxy) is 2. The maximum Gasteiger partial charge on any atom is 0.118 e. The molecule has 1 fully saturated rings. The zero-order chi connectivity index (χ0) is 14.6. The van der Waals surface area contributed by atoms with Crippen molar-refractivity contribution in [3.05, 3.63) is 29.8 Å². The van der Waals surface area contributed by atoms with Gasteiger partial charge in [0.1, 0.15) is 5.75 Å². The standard InChI is InChI=1S/C16H24BrNO2/c1-16(2)12-18(11-15(10-17)20-16)9-8-13-4-6-14(19-3)7-5-13/h4-7,15H,8-12H2,1-3H3. The van der Waals surface area contributed by atoms with E-state index in [1.165, 1.54) is 5.56 Å². The van der Waals surface area contributed by atoms with Gasteiger partial charge in [0.05, 0.1) is 18.8 Å². The van der Waals surface area contributed by atoms with Gasteiger partial charge in [-0.25, -0.2) is 0 Å². The normalized spacial score (nSPS) is 22.7. The third-order valence-electron chi connectivity index (χ3n) is 3.60. The quantitative estimate of drug-likeness (QED) is 0.768. The fourth-order valence-corrected chi connectivity index (χ4v) is 3.08. The molecule has 0 amide bonds. The van der Waals surface area contributed by atoms with E-state index in [9.17, 15) is 0 Å². The summed E-state index contributed by atoms with van der Waals surface area (Å²) in [4.78, 5) is 2.50. The number of methoxy groups -OCH3 is 1. The van der Waals surface area contributed by atoms with E-state index in [-0.39, 0.29) is 11.7 Å². The highest BCUT2D eigenvalue weighted by Crippen LogP contribution is 2.22.